The first-order chi connectivity index (χ1) is 11.7. The van der Waals surface area contributed by atoms with Gasteiger partial charge in [-0.15, -0.1) is 0 Å². The van der Waals surface area contributed by atoms with E-state index in [-0.39, 0.29) is 5.75 Å². The van der Waals surface area contributed by atoms with Crippen LogP contribution in [0.4, 0.5) is 0 Å². The van der Waals surface area contributed by atoms with Gasteiger partial charge >= 0.3 is 0 Å². The van der Waals surface area contributed by atoms with Crippen molar-refractivity contribution in [2.24, 2.45) is 4.99 Å². The number of nitrogens with zero attached hydrogens (tertiary/aromatic N) is 1. The van der Waals surface area contributed by atoms with Crippen LogP contribution in [-0.4, -0.2) is 38.1 Å². The lowest BCUT2D eigenvalue weighted by Crippen LogP contribution is -2.15. The van der Waals surface area contributed by atoms with Crippen LogP contribution < -0.4 is 14.8 Å². The predicted octanol–water partition coefficient (Wildman–Crippen LogP) is 2.84. The van der Waals surface area contributed by atoms with E-state index >= 15 is 0 Å². The molecule has 0 aromatic heterocycles. The average Bonchev–Trinajstić information content (AvgIpc) is 2.87. The molecule has 0 atom stereocenters. The molecule has 2 N–H and O–H groups in total. The quantitative estimate of drug-likeness (QED) is 0.908. The lowest BCUT2D eigenvalue weighted by molar-refractivity contribution is 0.383. The molecular formula is C19H20N2O3. The molecule has 1 aliphatic rings. The fraction of sp³-hybridized carbons (Fsp3) is 0.211. The molecule has 5 nitrogen and oxygen atoms in total. The molecule has 0 bridgehead atoms. The Morgan fingerprint density at radius 3 is 2.58 bits per heavy atom. The summed E-state index contributed by atoms with van der Waals surface area (Å²) in [5.74, 6) is 1.18. The van der Waals surface area contributed by atoms with Crippen LogP contribution in [0.15, 0.2) is 53.5 Å². The summed E-state index contributed by atoms with van der Waals surface area (Å²) in [5.41, 5.74) is 3.27. The van der Waals surface area contributed by atoms with Gasteiger partial charge < -0.3 is 19.9 Å². The molecule has 1 aliphatic heterocycles. The van der Waals surface area contributed by atoms with E-state index in [1.807, 2.05) is 36.4 Å². The Bertz CT molecular complexity index is 783. The largest absolute Gasteiger partial charge is 0.507 e. The van der Waals surface area contributed by atoms with Gasteiger partial charge in [0.05, 0.1) is 37.7 Å². The second-order valence-electron chi connectivity index (χ2n) is 5.34. The van der Waals surface area contributed by atoms with Crippen molar-refractivity contribution in [3.05, 3.63) is 59.7 Å². The van der Waals surface area contributed by atoms with E-state index in [2.05, 4.69) is 10.3 Å². The Morgan fingerprint density at radius 1 is 1.08 bits per heavy atom. The van der Waals surface area contributed by atoms with Crippen LogP contribution in [0.5, 0.6) is 17.2 Å². The highest BCUT2D eigenvalue weighted by Gasteiger charge is 2.18. The highest BCUT2D eigenvalue weighted by molar-refractivity contribution is 6.12. The molecule has 0 saturated carbocycles. The normalized spacial score (nSPS) is 14.1. The van der Waals surface area contributed by atoms with Gasteiger partial charge in [0.2, 0.25) is 0 Å². The summed E-state index contributed by atoms with van der Waals surface area (Å²) in [6, 6.07) is 13.3. The summed E-state index contributed by atoms with van der Waals surface area (Å²) >= 11 is 0. The predicted molar refractivity (Wildman–Crippen MR) is 95.0 cm³/mol. The fourth-order valence-electron chi connectivity index (χ4n) is 2.67. The van der Waals surface area contributed by atoms with Crippen LogP contribution in [0.1, 0.15) is 11.1 Å². The number of aromatic hydroxyl groups is 1. The van der Waals surface area contributed by atoms with Crippen LogP contribution in [0.2, 0.25) is 0 Å². The molecule has 0 radical (unpaired) electrons. The first kappa shape index (κ1) is 15.9. The summed E-state index contributed by atoms with van der Waals surface area (Å²) in [6.07, 6.45) is 1.94. The minimum atomic E-state index is 0.0965. The second kappa shape index (κ2) is 7.08. The number of rotatable bonds is 4. The van der Waals surface area contributed by atoms with Gasteiger partial charge in [-0.1, -0.05) is 30.3 Å². The van der Waals surface area contributed by atoms with Gasteiger partial charge in [0, 0.05) is 18.7 Å². The molecule has 24 heavy (non-hydrogen) atoms. The summed E-state index contributed by atoms with van der Waals surface area (Å²) in [5, 5.41) is 13.8. The number of nitrogens with one attached hydrogen (secondary N) is 1. The average molecular weight is 324 g/mol. The number of ether oxygens (including phenoxy) is 2. The van der Waals surface area contributed by atoms with E-state index in [4.69, 9.17) is 9.47 Å². The monoisotopic (exact) mass is 324 g/mol. The first-order valence-electron chi connectivity index (χ1n) is 7.73. The first-order valence-corrected chi connectivity index (χ1v) is 7.73. The molecule has 5 heteroatoms. The van der Waals surface area contributed by atoms with Gasteiger partial charge in [0.15, 0.2) is 0 Å². The Morgan fingerprint density at radius 2 is 1.88 bits per heavy atom. The third-order valence-electron chi connectivity index (χ3n) is 3.84. The Kier molecular flexibility index (Phi) is 4.70. The van der Waals surface area contributed by atoms with Crippen LogP contribution in [-0.2, 0) is 0 Å². The molecule has 0 amide bonds. The fourth-order valence-corrected chi connectivity index (χ4v) is 2.67. The number of benzene rings is 2. The highest BCUT2D eigenvalue weighted by Crippen LogP contribution is 2.37. The maximum absolute atomic E-state index is 10.5. The van der Waals surface area contributed by atoms with E-state index in [1.165, 1.54) is 0 Å². The molecule has 3 rings (SSSR count). The third-order valence-corrected chi connectivity index (χ3v) is 3.84. The van der Waals surface area contributed by atoms with Gasteiger partial charge in [-0.3, -0.25) is 4.99 Å². The lowest BCUT2D eigenvalue weighted by Gasteiger charge is -2.16. The molecule has 0 unspecified atom stereocenters. The summed E-state index contributed by atoms with van der Waals surface area (Å²) < 4.78 is 10.6. The van der Waals surface area contributed by atoms with Crippen molar-refractivity contribution in [2.75, 3.05) is 27.3 Å². The number of phenols is 1. The molecule has 1 heterocycles. The Hall–Kier alpha value is -2.95. The zero-order chi connectivity index (χ0) is 16.9. The number of hydrogen-bond donors (Lipinski definition) is 2. The number of hydrogen-bond acceptors (Lipinski definition) is 5. The Balaban J connectivity index is 2.08. The van der Waals surface area contributed by atoms with Crippen molar-refractivity contribution in [3.8, 4) is 17.2 Å². The van der Waals surface area contributed by atoms with Gasteiger partial charge in [0.25, 0.3) is 0 Å². The van der Waals surface area contributed by atoms with Crippen molar-refractivity contribution in [3.63, 3.8) is 0 Å². The van der Waals surface area contributed by atoms with Crippen LogP contribution in [0.25, 0.3) is 5.70 Å². The van der Waals surface area contributed by atoms with Crippen molar-refractivity contribution >= 4 is 11.4 Å². The highest BCUT2D eigenvalue weighted by atomic mass is 16.5. The molecule has 0 fully saturated rings. The summed E-state index contributed by atoms with van der Waals surface area (Å²) in [7, 11) is 3.12. The van der Waals surface area contributed by atoms with Crippen LogP contribution in [0.3, 0.4) is 0 Å². The minimum Gasteiger partial charge on any atom is -0.507 e. The van der Waals surface area contributed by atoms with E-state index in [1.54, 1.807) is 26.4 Å². The number of aliphatic imine (C=N–C) groups is 1. The van der Waals surface area contributed by atoms with Crippen molar-refractivity contribution in [1.82, 2.24) is 5.32 Å². The van der Waals surface area contributed by atoms with Gasteiger partial charge in [-0.05, 0) is 11.6 Å². The molecule has 2 aromatic rings. The van der Waals surface area contributed by atoms with Gasteiger partial charge in [0.1, 0.15) is 17.2 Å². The molecule has 2 aromatic carbocycles. The standard InChI is InChI=1S/C19H20N2O3/c1-23-14-10-17(22)19(18(11-14)24-2)16-12-15(20-8-9-21-16)13-6-4-3-5-7-13/h3-7,10-12,21-22H,8-9H2,1-2H3. The van der Waals surface area contributed by atoms with Crippen LogP contribution >= 0.6 is 0 Å². The molecule has 0 spiro atoms. The number of phenolic OH excluding ortho intramolecular Hbond substituents is 1. The second-order valence-corrected chi connectivity index (χ2v) is 5.34. The summed E-state index contributed by atoms with van der Waals surface area (Å²) in [4.78, 5) is 4.62. The maximum atomic E-state index is 10.5. The van der Waals surface area contributed by atoms with Crippen molar-refractivity contribution in [2.45, 2.75) is 0 Å². The smallest absolute Gasteiger partial charge is 0.135 e. The topological polar surface area (TPSA) is 63.1 Å². The SMILES string of the molecule is COc1cc(O)c(C2=CC(c3ccccc3)=NCCN2)c(OC)c1. The maximum Gasteiger partial charge on any atom is 0.135 e. The molecule has 0 aliphatic carbocycles. The van der Waals surface area contributed by atoms with E-state index in [9.17, 15) is 5.11 Å². The molecular weight excluding hydrogens is 304 g/mol. The van der Waals surface area contributed by atoms with Crippen molar-refractivity contribution < 1.29 is 14.6 Å². The molecule has 124 valence electrons. The third kappa shape index (κ3) is 3.20. The number of allylic oxidation sites excluding steroid dienone is 1. The van der Waals surface area contributed by atoms with Gasteiger partial charge in [-0.25, -0.2) is 0 Å². The number of methoxy groups -OCH3 is 2. The minimum absolute atomic E-state index is 0.0965. The van der Waals surface area contributed by atoms with E-state index in [0.29, 0.717) is 30.2 Å². The zero-order valence-corrected chi connectivity index (χ0v) is 13.7. The zero-order valence-electron chi connectivity index (χ0n) is 13.7. The molecule has 0 saturated heterocycles. The van der Waals surface area contributed by atoms with Crippen molar-refractivity contribution in [1.29, 1.82) is 0 Å². The van der Waals surface area contributed by atoms with E-state index < -0.39 is 0 Å². The van der Waals surface area contributed by atoms with Gasteiger partial charge in [-0.2, -0.15) is 0 Å². The lowest BCUT2D eigenvalue weighted by atomic mass is 10.0. The Labute approximate surface area is 141 Å². The summed E-state index contributed by atoms with van der Waals surface area (Å²) in [6.45, 7) is 1.33. The van der Waals surface area contributed by atoms with Crippen LogP contribution in [0, 0.1) is 0 Å². The van der Waals surface area contributed by atoms with E-state index in [0.717, 1.165) is 17.0 Å².